The second-order valence-electron chi connectivity index (χ2n) is 8.64. The Kier molecular flexibility index (Phi) is 9.19. The second kappa shape index (κ2) is 10.8. The highest BCUT2D eigenvalue weighted by molar-refractivity contribution is 14.1. The zero-order chi connectivity index (χ0) is 22.5. The van der Waals surface area contributed by atoms with Crippen LogP contribution in [0.5, 0.6) is 5.75 Å². The van der Waals surface area contributed by atoms with Gasteiger partial charge in [-0.1, -0.05) is 0 Å². The highest BCUT2D eigenvalue weighted by atomic mass is 127. The minimum absolute atomic E-state index is 0.00532. The summed E-state index contributed by atoms with van der Waals surface area (Å²) in [4.78, 5) is 24.9. The first kappa shape index (κ1) is 25.6. The second-order valence-corrected chi connectivity index (χ2v) is 11.0. The number of hydrogen-bond donors (Lipinski definition) is 1. The van der Waals surface area contributed by atoms with E-state index >= 15 is 0 Å². The van der Waals surface area contributed by atoms with Gasteiger partial charge < -0.3 is 24.1 Å². The zero-order valence-corrected chi connectivity index (χ0v) is 21.9. The summed E-state index contributed by atoms with van der Waals surface area (Å²) in [5.41, 5.74) is -1.79. The Morgan fingerprint density at radius 3 is 2.30 bits per heavy atom. The lowest BCUT2D eigenvalue weighted by Gasteiger charge is -2.31. The quantitative estimate of drug-likeness (QED) is 0.223. The van der Waals surface area contributed by atoms with Crippen LogP contribution in [0.1, 0.15) is 34.1 Å². The van der Waals surface area contributed by atoms with Crippen molar-refractivity contribution in [1.29, 1.82) is 0 Å². The monoisotopic (exact) mass is 646 g/mol. The van der Waals surface area contributed by atoms with Gasteiger partial charge >= 0.3 is 11.9 Å². The van der Waals surface area contributed by atoms with Gasteiger partial charge in [0.2, 0.25) is 0 Å². The highest BCUT2D eigenvalue weighted by Gasteiger charge is 2.41. The number of carbonyl (C=O) groups excluding carboxylic acids is 2. The Labute approximate surface area is 204 Å². The number of aliphatic hydroxyl groups is 1. The van der Waals surface area contributed by atoms with Gasteiger partial charge in [0.05, 0.1) is 21.0 Å². The Bertz CT molecular complexity index is 760. The molecule has 0 spiro atoms. The molecule has 0 saturated carbocycles. The molecule has 168 valence electrons. The summed E-state index contributed by atoms with van der Waals surface area (Å²) in [5.74, 6) is -0.199. The van der Waals surface area contributed by atoms with E-state index in [0.717, 1.165) is 7.14 Å². The lowest BCUT2D eigenvalue weighted by molar-refractivity contribution is -0.164. The van der Waals surface area contributed by atoms with Crippen molar-refractivity contribution in [3.63, 3.8) is 0 Å². The molecule has 7 nitrogen and oxygen atoms in total. The molecule has 1 N–H and O–H groups in total. The number of halogens is 2. The maximum atomic E-state index is 12.6. The Morgan fingerprint density at radius 1 is 1.13 bits per heavy atom. The van der Waals surface area contributed by atoms with E-state index in [9.17, 15) is 14.7 Å². The third kappa shape index (κ3) is 8.12. The number of hydrogen-bond acceptors (Lipinski definition) is 7. The first-order valence-electron chi connectivity index (χ1n) is 9.63. The van der Waals surface area contributed by atoms with Gasteiger partial charge in [-0.2, -0.15) is 0 Å². The summed E-state index contributed by atoms with van der Waals surface area (Å²) >= 11 is 4.38. The van der Waals surface area contributed by atoms with Crippen LogP contribution in [0.25, 0.3) is 0 Å². The van der Waals surface area contributed by atoms with Gasteiger partial charge in [-0.3, -0.25) is 9.59 Å². The van der Waals surface area contributed by atoms with Crippen LogP contribution >= 0.6 is 45.2 Å². The summed E-state index contributed by atoms with van der Waals surface area (Å²) in [6.07, 6.45) is -0.720. The van der Waals surface area contributed by atoms with Gasteiger partial charge in [-0.15, -0.1) is 0 Å². The van der Waals surface area contributed by atoms with Gasteiger partial charge in [0.1, 0.15) is 37.8 Å². The molecule has 1 saturated heterocycles. The molecular formula is C21H28I2O7. The number of rotatable bonds is 11. The standard InChI is InChI=1S/C21H28I2O7/c1-20(2,12-21(3,4)19(26)30-11-15-10-27-15)18(25)29-9-14(24)8-28-17-6-5-13(22)7-16(17)23/h5-7,14-15,24H,8-12H2,1-4H3. The molecule has 9 heteroatoms. The number of carbonyl (C=O) groups is 2. The molecule has 0 aliphatic carbocycles. The third-order valence-corrected chi connectivity index (χ3v) is 6.04. The minimum atomic E-state index is -0.962. The lowest BCUT2D eigenvalue weighted by Crippen LogP contribution is -2.38. The SMILES string of the molecule is CC(C)(CC(C)(C)C(=O)OCC1CO1)C(=O)OCC(O)COc1ccc(I)cc1I. The molecule has 0 amide bonds. The van der Waals surface area contributed by atoms with E-state index < -0.39 is 22.9 Å². The van der Waals surface area contributed by atoms with E-state index in [4.69, 9.17) is 18.9 Å². The maximum Gasteiger partial charge on any atom is 0.311 e. The van der Waals surface area contributed by atoms with Gasteiger partial charge in [-0.05, 0) is 97.5 Å². The predicted molar refractivity (Wildman–Crippen MR) is 127 cm³/mol. The minimum Gasteiger partial charge on any atom is -0.490 e. The van der Waals surface area contributed by atoms with E-state index in [-0.39, 0.29) is 38.3 Å². The maximum absolute atomic E-state index is 12.6. The summed E-state index contributed by atoms with van der Waals surface area (Å²) in [6, 6.07) is 5.72. The molecule has 1 aliphatic heterocycles. The molecule has 0 radical (unpaired) electrons. The fourth-order valence-corrected chi connectivity index (χ4v) is 4.73. The Morgan fingerprint density at radius 2 is 1.73 bits per heavy atom. The smallest absolute Gasteiger partial charge is 0.311 e. The summed E-state index contributed by atoms with van der Waals surface area (Å²) in [6.45, 7) is 7.57. The van der Waals surface area contributed by atoms with E-state index in [0.29, 0.717) is 12.4 Å². The van der Waals surface area contributed by atoms with Gasteiger partial charge in [-0.25, -0.2) is 0 Å². The molecule has 0 aromatic heterocycles. The van der Waals surface area contributed by atoms with Crippen molar-refractivity contribution in [1.82, 2.24) is 0 Å². The van der Waals surface area contributed by atoms with Crippen molar-refractivity contribution in [2.45, 2.75) is 46.3 Å². The van der Waals surface area contributed by atoms with Crippen molar-refractivity contribution >= 4 is 57.1 Å². The summed E-state index contributed by atoms with van der Waals surface area (Å²) < 4.78 is 23.2. The van der Waals surface area contributed by atoms with E-state index in [1.54, 1.807) is 27.7 Å². The van der Waals surface area contributed by atoms with Crippen LogP contribution in [0, 0.1) is 18.0 Å². The van der Waals surface area contributed by atoms with Crippen molar-refractivity contribution < 1.29 is 33.6 Å². The molecule has 1 aromatic rings. The number of esters is 2. The van der Waals surface area contributed by atoms with E-state index in [2.05, 4.69) is 45.2 Å². The fraction of sp³-hybridized carbons (Fsp3) is 0.619. The molecule has 2 unspecified atom stereocenters. The molecule has 1 aliphatic rings. The summed E-state index contributed by atoms with van der Waals surface area (Å²) in [5, 5.41) is 10.1. The molecule has 1 aromatic carbocycles. The van der Waals surface area contributed by atoms with Gasteiger partial charge in [0, 0.05) is 3.57 Å². The molecule has 2 rings (SSSR count). The Hall–Kier alpha value is -0.660. The fourth-order valence-electron chi connectivity index (χ4n) is 2.97. The number of benzene rings is 1. The lowest BCUT2D eigenvalue weighted by atomic mass is 9.75. The Balaban J connectivity index is 1.78. The van der Waals surface area contributed by atoms with Crippen LogP contribution in [0.15, 0.2) is 18.2 Å². The van der Waals surface area contributed by atoms with Crippen LogP contribution < -0.4 is 4.74 Å². The topological polar surface area (TPSA) is 94.6 Å². The number of ether oxygens (including phenoxy) is 4. The molecule has 0 bridgehead atoms. The van der Waals surface area contributed by atoms with E-state index in [1.807, 2.05) is 18.2 Å². The number of epoxide rings is 1. The van der Waals surface area contributed by atoms with Crippen LogP contribution in [0.4, 0.5) is 0 Å². The normalized spacial score (nSPS) is 17.2. The average Bonchev–Trinajstić information content (AvgIpc) is 3.46. The van der Waals surface area contributed by atoms with Crippen molar-refractivity contribution in [2.24, 2.45) is 10.8 Å². The molecule has 1 heterocycles. The van der Waals surface area contributed by atoms with Gasteiger partial charge in [0.15, 0.2) is 0 Å². The average molecular weight is 646 g/mol. The van der Waals surface area contributed by atoms with Crippen LogP contribution in [0.3, 0.4) is 0 Å². The first-order valence-corrected chi connectivity index (χ1v) is 11.8. The number of aliphatic hydroxyl groups excluding tert-OH is 1. The molecule has 30 heavy (non-hydrogen) atoms. The van der Waals surface area contributed by atoms with E-state index in [1.165, 1.54) is 0 Å². The van der Waals surface area contributed by atoms with Crippen molar-refractivity contribution in [3.05, 3.63) is 25.3 Å². The highest BCUT2D eigenvalue weighted by Crippen LogP contribution is 2.36. The zero-order valence-electron chi connectivity index (χ0n) is 17.6. The largest absolute Gasteiger partial charge is 0.490 e. The predicted octanol–water partition coefficient (Wildman–Crippen LogP) is 3.56. The van der Waals surface area contributed by atoms with Crippen molar-refractivity contribution in [2.75, 3.05) is 26.4 Å². The van der Waals surface area contributed by atoms with Gasteiger partial charge in [0.25, 0.3) is 0 Å². The molecule has 2 atom stereocenters. The van der Waals surface area contributed by atoms with Crippen LogP contribution in [-0.2, 0) is 23.8 Å². The molecule has 1 fully saturated rings. The van der Waals surface area contributed by atoms with Crippen molar-refractivity contribution in [3.8, 4) is 5.75 Å². The first-order chi connectivity index (χ1) is 13.9. The van der Waals surface area contributed by atoms with Crippen LogP contribution in [-0.4, -0.2) is 55.7 Å². The van der Waals surface area contributed by atoms with Crippen LogP contribution in [0.2, 0.25) is 0 Å². The molecular weight excluding hydrogens is 618 g/mol. The summed E-state index contributed by atoms with van der Waals surface area (Å²) in [7, 11) is 0. The third-order valence-electron chi connectivity index (χ3n) is 4.52.